The molecule has 254 valence electrons. The lowest BCUT2D eigenvalue weighted by molar-refractivity contribution is -0.148. The Morgan fingerprint density at radius 2 is 1.09 bits per heavy atom. The van der Waals surface area contributed by atoms with Gasteiger partial charge < -0.3 is 33.7 Å². The molecule has 1 amide bonds. The summed E-state index contributed by atoms with van der Waals surface area (Å²) < 4.78 is 30.5. The number of thioether (sulfide) groups is 1. The van der Waals surface area contributed by atoms with E-state index in [4.69, 9.17) is 35.3 Å². The first-order valence-electron chi connectivity index (χ1n) is 15.3. The maximum atomic E-state index is 13.2. The normalized spacial score (nSPS) is 12.5. The number of hydrogen-bond donors (Lipinski definition) is 1. The van der Waals surface area contributed by atoms with E-state index in [0.29, 0.717) is 26.4 Å². The van der Waals surface area contributed by atoms with Gasteiger partial charge in [-0.05, 0) is 23.6 Å². The van der Waals surface area contributed by atoms with Gasteiger partial charge in [-0.25, -0.2) is 9.59 Å². The molecule has 0 heterocycles. The highest BCUT2D eigenvalue weighted by molar-refractivity contribution is 8.00. The van der Waals surface area contributed by atoms with Crippen LogP contribution in [-0.4, -0.2) is 88.2 Å². The highest BCUT2D eigenvalue weighted by atomic mass is 35.5. The predicted molar refractivity (Wildman–Crippen MR) is 180 cm³/mol. The second-order valence-electron chi connectivity index (χ2n) is 10.1. The van der Waals surface area contributed by atoms with Crippen molar-refractivity contribution >= 4 is 41.4 Å². The van der Waals surface area contributed by atoms with Crippen molar-refractivity contribution in [3.8, 4) is 0 Å². The molecule has 12 heteroatoms. The van der Waals surface area contributed by atoms with E-state index < -0.39 is 28.5 Å². The zero-order valence-electron chi connectivity index (χ0n) is 26.6. The SMILES string of the molecule is CC(=O)NC(CSC(c1ccccc1)(c1ccccc1)c1ccccc1)C(=O)OCCOCCOCCOCCOC(=O)OC(C)Cl. The molecule has 2 atom stereocenters. The molecule has 3 rings (SSSR count). The van der Waals surface area contributed by atoms with E-state index in [9.17, 15) is 14.4 Å². The average molecular weight is 688 g/mol. The van der Waals surface area contributed by atoms with E-state index in [2.05, 4.69) is 46.5 Å². The first kappa shape index (κ1) is 37.8. The molecule has 0 aliphatic heterocycles. The molecule has 0 aliphatic rings. The minimum Gasteiger partial charge on any atom is -0.462 e. The maximum Gasteiger partial charge on any atom is 0.509 e. The molecule has 10 nitrogen and oxygen atoms in total. The number of carbonyl (C=O) groups excluding carboxylic acids is 3. The van der Waals surface area contributed by atoms with Crippen LogP contribution in [0.3, 0.4) is 0 Å². The summed E-state index contributed by atoms with van der Waals surface area (Å²) in [6, 6.07) is 29.5. The molecule has 47 heavy (non-hydrogen) atoms. The first-order chi connectivity index (χ1) is 22.8. The number of alkyl halides is 1. The number of ether oxygens (including phenoxy) is 6. The number of esters is 1. The zero-order valence-corrected chi connectivity index (χ0v) is 28.2. The van der Waals surface area contributed by atoms with Crippen LogP contribution in [0.1, 0.15) is 30.5 Å². The Bertz CT molecular complexity index is 1240. The lowest BCUT2D eigenvalue weighted by Gasteiger charge is -2.36. The Kier molecular flexibility index (Phi) is 17.2. The third-order valence-electron chi connectivity index (χ3n) is 6.59. The van der Waals surface area contributed by atoms with Crippen molar-refractivity contribution in [2.24, 2.45) is 0 Å². The van der Waals surface area contributed by atoms with Gasteiger partial charge in [-0.2, -0.15) is 0 Å². The molecule has 3 aromatic carbocycles. The lowest BCUT2D eigenvalue weighted by Crippen LogP contribution is -2.44. The van der Waals surface area contributed by atoms with Crippen LogP contribution >= 0.6 is 23.4 Å². The van der Waals surface area contributed by atoms with Gasteiger partial charge in [0, 0.05) is 12.7 Å². The monoisotopic (exact) mass is 687 g/mol. The minimum atomic E-state index is -0.878. The molecule has 0 aromatic heterocycles. The van der Waals surface area contributed by atoms with E-state index in [1.54, 1.807) is 11.8 Å². The molecule has 0 fully saturated rings. The lowest BCUT2D eigenvalue weighted by atomic mass is 9.84. The standard InChI is InChI=1S/C35H42ClNO9S/c1-27(36)46-34(40)45-25-23-43-21-19-41-18-20-42-22-24-44-33(39)32(37-28(2)38)26-47-35(29-12-6-3-7-13-29,30-14-8-4-9-15-30)31-16-10-5-11-17-31/h3-17,27,32H,18-26H2,1-2H3,(H,37,38). The van der Waals surface area contributed by atoms with Crippen molar-refractivity contribution in [1.29, 1.82) is 0 Å². The number of rotatable bonds is 21. The third-order valence-corrected chi connectivity index (χ3v) is 8.32. The van der Waals surface area contributed by atoms with E-state index in [1.165, 1.54) is 13.8 Å². The number of benzene rings is 3. The van der Waals surface area contributed by atoms with Crippen molar-refractivity contribution in [1.82, 2.24) is 5.32 Å². The fourth-order valence-corrected chi connectivity index (χ4v) is 6.20. The molecule has 0 saturated heterocycles. The molecule has 1 N–H and O–H groups in total. The number of hydrogen-bond acceptors (Lipinski definition) is 10. The molecule has 0 radical (unpaired) electrons. The molecule has 3 aromatic rings. The zero-order chi connectivity index (χ0) is 33.7. The fraction of sp³-hybridized carbons (Fsp3) is 0.400. The highest BCUT2D eigenvalue weighted by Gasteiger charge is 2.38. The number of nitrogens with one attached hydrogen (secondary N) is 1. The summed E-state index contributed by atoms with van der Waals surface area (Å²) in [6.07, 6.45) is -0.851. The van der Waals surface area contributed by atoms with Gasteiger partial charge >= 0.3 is 12.1 Å². The maximum absolute atomic E-state index is 13.2. The van der Waals surface area contributed by atoms with Gasteiger partial charge in [0.25, 0.3) is 0 Å². The number of carbonyl (C=O) groups is 3. The van der Waals surface area contributed by atoms with Gasteiger partial charge in [0.2, 0.25) is 5.91 Å². The molecule has 0 aliphatic carbocycles. The van der Waals surface area contributed by atoms with Gasteiger partial charge in [0.15, 0.2) is 5.56 Å². The summed E-state index contributed by atoms with van der Waals surface area (Å²) in [6.45, 7) is 4.56. The Balaban J connectivity index is 1.47. The first-order valence-corrected chi connectivity index (χ1v) is 16.7. The number of amides is 1. The highest BCUT2D eigenvalue weighted by Crippen LogP contribution is 2.48. The Morgan fingerprint density at radius 1 is 0.681 bits per heavy atom. The third kappa shape index (κ3) is 13.2. The summed E-state index contributed by atoms with van der Waals surface area (Å²) in [5.74, 6) is -0.607. The largest absolute Gasteiger partial charge is 0.509 e. The Hall–Kier alpha value is -3.61. The molecule has 2 unspecified atom stereocenters. The molecule has 0 saturated carbocycles. The summed E-state index contributed by atoms with van der Waals surface area (Å²) in [5, 5.41) is 2.77. The summed E-state index contributed by atoms with van der Waals surface area (Å²) >= 11 is 7.09. The van der Waals surface area contributed by atoms with Crippen LogP contribution < -0.4 is 5.32 Å². The van der Waals surface area contributed by atoms with Crippen LogP contribution in [0.4, 0.5) is 4.79 Å². The second kappa shape index (κ2) is 21.3. The summed E-state index contributed by atoms with van der Waals surface area (Å²) in [4.78, 5) is 36.5. The minimum absolute atomic E-state index is 0.0226. The molecular formula is C35H42ClNO9S. The van der Waals surface area contributed by atoms with Gasteiger partial charge in [0.05, 0.1) is 44.4 Å². The van der Waals surface area contributed by atoms with Crippen LogP contribution in [0.25, 0.3) is 0 Å². The molecule has 0 bridgehead atoms. The Labute approximate surface area is 285 Å². The van der Waals surface area contributed by atoms with E-state index >= 15 is 0 Å². The van der Waals surface area contributed by atoms with E-state index in [1.807, 2.05) is 54.6 Å². The average Bonchev–Trinajstić information content (AvgIpc) is 3.07. The fourth-order valence-electron chi connectivity index (χ4n) is 4.59. The van der Waals surface area contributed by atoms with Gasteiger partial charge in [0.1, 0.15) is 19.3 Å². The van der Waals surface area contributed by atoms with Crippen molar-refractivity contribution in [3.63, 3.8) is 0 Å². The predicted octanol–water partition coefficient (Wildman–Crippen LogP) is 5.55. The van der Waals surface area contributed by atoms with Gasteiger partial charge in [-0.15, -0.1) is 11.8 Å². The van der Waals surface area contributed by atoms with E-state index in [-0.39, 0.29) is 38.1 Å². The van der Waals surface area contributed by atoms with Crippen molar-refractivity contribution in [2.75, 3.05) is 58.6 Å². The summed E-state index contributed by atoms with van der Waals surface area (Å²) in [7, 11) is 0. The van der Waals surface area contributed by atoms with Gasteiger partial charge in [-0.1, -0.05) is 103 Å². The van der Waals surface area contributed by atoms with Gasteiger partial charge in [-0.3, -0.25) is 4.79 Å². The quantitative estimate of drug-likeness (QED) is 0.0661. The van der Waals surface area contributed by atoms with Crippen LogP contribution in [0.2, 0.25) is 0 Å². The topological polar surface area (TPSA) is 119 Å². The van der Waals surface area contributed by atoms with Crippen molar-refractivity contribution in [3.05, 3.63) is 108 Å². The van der Waals surface area contributed by atoms with E-state index in [0.717, 1.165) is 16.7 Å². The summed E-state index contributed by atoms with van der Waals surface area (Å²) in [5.41, 5.74) is 2.39. The van der Waals surface area contributed by atoms with Crippen LogP contribution in [0, 0.1) is 0 Å². The van der Waals surface area contributed by atoms with Crippen molar-refractivity contribution in [2.45, 2.75) is 30.2 Å². The van der Waals surface area contributed by atoms with Crippen molar-refractivity contribution < 1.29 is 42.8 Å². The van der Waals surface area contributed by atoms with Crippen LogP contribution in [-0.2, 0) is 42.8 Å². The molecule has 0 spiro atoms. The van der Waals surface area contributed by atoms with Crippen LogP contribution in [0.5, 0.6) is 0 Å². The Morgan fingerprint density at radius 3 is 1.49 bits per heavy atom. The smallest absolute Gasteiger partial charge is 0.462 e. The number of halogens is 1. The second-order valence-corrected chi connectivity index (χ2v) is 12.0. The van der Waals surface area contributed by atoms with Crippen LogP contribution in [0.15, 0.2) is 91.0 Å². The molecular weight excluding hydrogens is 646 g/mol.